The molecule has 2 rings (SSSR count). The first-order chi connectivity index (χ1) is 8.17. The second kappa shape index (κ2) is 5.17. The number of nitrogens with zero attached hydrogens (tertiary/aromatic N) is 2. The molecule has 2 heterocycles. The number of hydrogen-bond acceptors (Lipinski definition) is 2. The summed E-state index contributed by atoms with van der Waals surface area (Å²) in [6, 6.07) is 2.40. The van der Waals surface area contributed by atoms with Gasteiger partial charge < -0.3 is 5.32 Å². The van der Waals surface area contributed by atoms with Gasteiger partial charge in [0.2, 0.25) is 0 Å². The zero-order valence-corrected chi connectivity index (χ0v) is 10.7. The van der Waals surface area contributed by atoms with E-state index in [-0.39, 0.29) is 0 Å². The van der Waals surface area contributed by atoms with Crippen LogP contribution in [0.15, 0.2) is 12.3 Å². The van der Waals surface area contributed by atoms with Crippen LogP contribution >= 0.6 is 0 Å². The molecule has 96 valence electrons. The molecule has 1 aromatic heterocycles. The number of halogens is 1. The molecular formula is C13H22FN3. The summed E-state index contributed by atoms with van der Waals surface area (Å²) >= 11 is 0. The van der Waals surface area contributed by atoms with Crippen LogP contribution in [0.2, 0.25) is 0 Å². The van der Waals surface area contributed by atoms with Crippen LogP contribution in [0.5, 0.6) is 0 Å². The van der Waals surface area contributed by atoms with Gasteiger partial charge in [-0.05, 0) is 31.9 Å². The zero-order valence-electron chi connectivity index (χ0n) is 10.7. The Labute approximate surface area is 102 Å². The predicted octanol–water partition coefficient (Wildman–Crippen LogP) is 2.49. The van der Waals surface area contributed by atoms with E-state index in [0.29, 0.717) is 25.4 Å². The zero-order chi connectivity index (χ0) is 12.3. The number of alkyl halides is 1. The second-order valence-electron chi connectivity index (χ2n) is 5.01. The average Bonchev–Trinajstić information content (AvgIpc) is 2.91. The minimum Gasteiger partial charge on any atom is -0.313 e. The molecule has 0 saturated carbocycles. The second-order valence-corrected chi connectivity index (χ2v) is 5.01. The Balaban J connectivity index is 2.03. The van der Waals surface area contributed by atoms with Gasteiger partial charge >= 0.3 is 0 Å². The molecule has 0 spiro atoms. The molecule has 1 fully saturated rings. The largest absolute Gasteiger partial charge is 0.313 e. The van der Waals surface area contributed by atoms with Crippen molar-refractivity contribution in [1.82, 2.24) is 15.1 Å². The van der Waals surface area contributed by atoms with Crippen LogP contribution in [-0.2, 0) is 6.42 Å². The lowest BCUT2D eigenvalue weighted by molar-refractivity contribution is 0.188. The fraction of sp³-hybridized carbons (Fsp3) is 0.769. The van der Waals surface area contributed by atoms with Gasteiger partial charge in [-0.1, -0.05) is 13.8 Å². The lowest BCUT2D eigenvalue weighted by Crippen LogP contribution is -2.29. The highest BCUT2D eigenvalue weighted by Gasteiger charge is 2.34. The van der Waals surface area contributed by atoms with Gasteiger partial charge in [0.25, 0.3) is 0 Å². The summed E-state index contributed by atoms with van der Waals surface area (Å²) in [7, 11) is 0. The summed E-state index contributed by atoms with van der Waals surface area (Å²) in [5.74, 6) is 0. The molecule has 1 aromatic rings. The van der Waals surface area contributed by atoms with Crippen molar-refractivity contribution in [3.05, 3.63) is 18.0 Å². The predicted molar refractivity (Wildman–Crippen MR) is 66.9 cm³/mol. The maximum Gasteiger partial charge on any atom is 0.130 e. The number of hydrogen-bond donors (Lipinski definition) is 1. The molecule has 0 aromatic carbocycles. The van der Waals surface area contributed by atoms with E-state index in [1.165, 1.54) is 0 Å². The van der Waals surface area contributed by atoms with Crippen LogP contribution in [0, 0.1) is 0 Å². The highest BCUT2D eigenvalue weighted by molar-refractivity contribution is 5.07. The molecule has 1 atom stereocenters. The quantitative estimate of drug-likeness (QED) is 0.855. The Morgan fingerprint density at radius 2 is 2.29 bits per heavy atom. The first-order valence-corrected chi connectivity index (χ1v) is 6.60. The first kappa shape index (κ1) is 12.6. The van der Waals surface area contributed by atoms with Crippen molar-refractivity contribution in [3.63, 3.8) is 0 Å². The molecule has 1 saturated heterocycles. The van der Waals surface area contributed by atoms with Gasteiger partial charge in [0.15, 0.2) is 0 Å². The van der Waals surface area contributed by atoms with Gasteiger partial charge in [0, 0.05) is 19.2 Å². The van der Waals surface area contributed by atoms with E-state index in [2.05, 4.69) is 24.3 Å². The summed E-state index contributed by atoms with van der Waals surface area (Å²) in [6.07, 6.45) is 5.16. The summed E-state index contributed by atoms with van der Waals surface area (Å²) in [6.45, 7) is 5.56. The van der Waals surface area contributed by atoms with Crippen LogP contribution in [0.25, 0.3) is 0 Å². The standard InChI is InChI=1S/C13H22FN3/c1-3-12(4-2)17-8-5-11(16-17)9-13(14)6-7-15-10-13/h5,8,12,15H,3-4,6-7,9-10H2,1-2H3. The minimum absolute atomic E-state index is 0.438. The van der Waals surface area contributed by atoms with Crippen molar-refractivity contribution in [3.8, 4) is 0 Å². The van der Waals surface area contributed by atoms with Crippen molar-refractivity contribution in [2.24, 2.45) is 0 Å². The fourth-order valence-electron chi connectivity index (χ4n) is 2.53. The molecule has 0 aliphatic carbocycles. The van der Waals surface area contributed by atoms with E-state index in [4.69, 9.17) is 0 Å². The van der Waals surface area contributed by atoms with Gasteiger partial charge in [0.05, 0.1) is 11.7 Å². The third-order valence-electron chi connectivity index (χ3n) is 3.67. The maximum atomic E-state index is 14.3. The molecule has 0 bridgehead atoms. The summed E-state index contributed by atoms with van der Waals surface area (Å²) in [5.41, 5.74) is -0.212. The highest BCUT2D eigenvalue weighted by atomic mass is 19.1. The lowest BCUT2D eigenvalue weighted by Gasteiger charge is -2.16. The third-order valence-corrected chi connectivity index (χ3v) is 3.67. The highest BCUT2D eigenvalue weighted by Crippen LogP contribution is 2.25. The molecule has 4 heteroatoms. The van der Waals surface area contributed by atoms with Crippen molar-refractivity contribution in [2.45, 2.75) is 51.2 Å². The lowest BCUT2D eigenvalue weighted by atomic mass is 9.99. The van der Waals surface area contributed by atoms with Gasteiger partial charge in [-0.15, -0.1) is 0 Å². The van der Waals surface area contributed by atoms with Crippen LogP contribution in [0.1, 0.15) is 44.8 Å². The Hall–Kier alpha value is -0.900. The minimum atomic E-state index is -1.09. The Kier molecular flexibility index (Phi) is 3.82. The Bertz CT molecular complexity index is 351. The van der Waals surface area contributed by atoms with E-state index >= 15 is 0 Å². The van der Waals surface area contributed by atoms with Crippen LogP contribution < -0.4 is 5.32 Å². The van der Waals surface area contributed by atoms with Gasteiger partial charge in [-0.25, -0.2) is 4.39 Å². The van der Waals surface area contributed by atoms with Crippen molar-refractivity contribution >= 4 is 0 Å². The number of rotatable bonds is 5. The third kappa shape index (κ3) is 2.86. The Morgan fingerprint density at radius 3 is 2.88 bits per heavy atom. The van der Waals surface area contributed by atoms with E-state index in [0.717, 1.165) is 25.1 Å². The molecule has 17 heavy (non-hydrogen) atoms. The summed E-state index contributed by atoms with van der Waals surface area (Å²) < 4.78 is 16.2. The molecule has 1 aliphatic heterocycles. The topological polar surface area (TPSA) is 29.9 Å². The van der Waals surface area contributed by atoms with Gasteiger partial charge in [0.1, 0.15) is 5.67 Å². The maximum absolute atomic E-state index is 14.3. The SMILES string of the molecule is CCC(CC)n1ccc(CC2(F)CCNC2)n1. The van der Waals surface area contributed by atoms with Gasteiger partial charge in [-0.2, -0.15) is 5.10 Å². The van der Waals surface area contributed by atoms with E-state index in [1.54, 1.807) is 0 Å². The summed E-state index contributed by atoms with van der Waals surface area (Å²) in [5, 5.41) is 7.59. The normalized spacial score (nSPS) is 24.7. The van der Waals surface area contributed by atoms with Crippen LogP contribution in [0.3, 0.4) is 0 Å². The van der Waals surface area contributed by atoms with Crippen LogP contribution in [-0.4, -0.2) is 28.5 Å². The smallest absolute Gasteiger partial charge is 0.130 e. The van der Waals surface area contributed by atoms with Gasteiger partial charge in [-0.3, -0.25) is 4.68 Å². The van der Waals surface area contributed by atoms with E-state index in [9.17, 15) is 4.39 Å². The fourth-order valence-corrected chi connectivity index (χ4v) is 2.53. The first-order valence-electron chi connectivity index (χ1n) is 6.60. The van der Waals surface area contributed by atoms with E-state index < -0.39 is 5.67 Å². The number of aromatic nitrogens is 2. The molecule has 1 N–H and O–H groups in total. The monoisotopic (exact) mass is 239 g/mol. The molecule has 0 amide bonds. The molecule has 1 aliphatic rings. The van der Waals surface area contributed by atoms with E-state index in [1.807, 2.05) is 16.9 Å². The number of nitrogens with one attached hydrogen (secondary N) is 1. The van der Waals surface area contributed by atoms with Crippen LogP contribution in [0.4, 0.5) is 4.39 Å². The van der Waals surface area contributed by atoms with Crippen molar-refractivity contribution < 1.29 is 4.39 Å². The molecule has 0 radical (unpaired) electrons. The molecule has 1 unspecified atom stereocenters. The molecular weight excluding hydrogens is 217 g/mol. The summed E-state index contributed by atoms with van der Waals surface area (Å²) in [4.78, 5) is 0. The molecule has 3 nitrogen and oxygen atoms in total. The van der Waals surface area contributed by atoms with Crippen molar-refractivity contribution in [2.75, 3.05) is 13.1 Å². The Morgan fingerprint density at radius 1 is 1.53 bits per heavy atom. The van der Waals surface area contributed by atoms with Crippen molar-refractivity contribution in [1.29, 1.82) is 0 Å². The average molecular weight is 239 g/mol.